The fraction of sp³-hybridized carbons (Fsp3) is 0.143. The molecule has 0 unspecified atom stereocenters. The van der Waals surface area contributed by atoms with Crippen molar-refractivity contribution >= 4 is 27.4 Å². The van der Waals surface area contributed by atoms with E-state index in [4.69, 9.17) is 20.8 Å². The molecule has 162 valence electrons. The number of benzene rings is 2. The number of nitrogens with zero attached hydrogens (tertiary/aromatic N) is 2. The van der Waals surface area contributed by atoms with Gasteiger partial charge in [-0.25, -0.2) is 9.97 Å². The van der Waals surface area contributed by atoms with E-state index in [1.54, 1.807) is 23.9 Å². The lowest BCUT2D eigenvalue weighted by molar-refractivity contribution is 0.568. The van der Waals surface area contributed by atoms with Gasteiger partial charge in [-0.2, -0.15) is 0 Å². The first-order valence-corrected chi connectivity index (χ1v) is 11.7. The number of hydrogen-bond acceptors (Lipinski definition) is 5. The molecule has 4 nitrogen and oxygen atoms in total. The molecule has 0 fully saturated rings. The first kappa shape index (κ1) is 21.0. The first-order valence-electron chi connectivity index (χ1n) is 10.9. The summed E-state index contributed by atoms with van der Waals surface area (Å²) in [7, 11) is 0. The minimum Gasteiger partial charge on any atom is -0.472 e. The van der Waals surface area contributed by atoms with Gasteiger partial charge in [0.2, 0.25) is 0 Å². The van der Waals surface area contributed by atoms with E-state index < -0.39 is 0 Å². The summed E-state index contributed by atoms with van der Waals surface area (Å²) >= 11 is 1.68. The number of hydrogen-bond donors (Lipinski definition) is 1. The zero-order valence-corrected chi connectivity index (χ0v) is 19.2. The number of aryl methyl sites for hydroxylation is 2. The molecule has 0 saturated carbocycles. The Morgan fingerprint density at radius 1 is 0.970 bits per heavy atom. The number of anilines is 1. The monoisotopic (exact) mass is 449 g/mol. The van der Waals surface area contributed by atoms with Crippen LogP contribution in [0.3, 0.4) is 0 Å². The molecule has 5 aromatic rings. The number of thiophene rings is 1. The van der Waals surface area contributed by atoms with Gasteiger partial charge in [-0.05, 0) is 60.7 Å². The van der Waals surface area contributed by atoms with Crippen LogP contribution in [0.4, 0.5) is 5.82 Å². The van der Waals surface area contributed by atoms with E-state index in [0.717, 1.165) is 46.5 Å². The van der Waals surface area contributed by atoms with E-state index in [-0.39, 0.29) is 0 Å². The normalized spacial score (nSPS) is 10.9. The number of rotatable bonds is 7. The summed E-state index contributed by atoms with van der Waals surface area (Å²) in [6, 6.07) is 20.9. The smallest absolute Gasteiger partial charge is 0.166 e. The number of aromatic nitrogens is 2. The summed E-state index contributed by atoms with van der Waals surface area (Å²) in [4.78, 5) is 11.7. The van der Waals surface area contributed by atoms with Gasteiger partial charge < -0.3 is 9.73 Å². The molecule has 0 aliphatic carbocycles. The molecule has 3 heterocycles. The Kier molecular flexibility index (Phi) is 5.93. The molecule has 0 spiro atoms. The lowest BCUT2D eigenvalue weighted by Crippen LogP contribution is -2.06. The van der Waals surface area contributed by atoms with Gasteiger partial charge in [-0.15, -0.1) is 17.8 Å². The van der Waals surface area contributed by atoms with Crippen LogP contribution in [0.5, 0.6) is 0 Å². The van der Waals surface area contributed by atoms with E-state index in [2.05, 4.69) is 60.6 Å². The molecule has 0 aliphatic heterocycles. The zero-order valence-electron chi connectivity index (χ0n) is 18.3. The number of nitrogens with one attached hydrogen (secondary N) is 1. The van der Waals surface area contributed by atoms with Crippen molar-refractivity contribution in [3.8, 4) is 34.9 Å². The van der Waals surface area contributed by atoms with Crippen molar-refractivity contribution in [2.75, 3.05) is 11.9 Å². The van der Waals surface area contributed by atoms with Crippen LogP contribution in [-0.4, -0.2) is 16.5 Å². The second-order valence-corrected chi connectivity index (χ2v) is 9.17. The third kappa shape index (κ3) is 4.67. The van der Waals surface area contributed by atoms with Crippen molar-refractivity contribution in [1.29, 1.82) is 0 Å². The minimum absolute atomic E-state index is 0.687. The second-order valence-electron chi connectivity index (χ2n) is 7.93. The third-order valence-corrected chi connectivity index (χ3v) is 6.51. The van der Waals surface area contributed by atoms with E-state index in [1.165, 1.54) is 21.6 Å². The van der Waals surface area contributed by atoms with Crippen molar-refractivity contribution in [3.63, 3.8) is 0 Å². The number of furan rings is 1. The summed E-state index contributed by atoms with van der Waals surface area (Å²) in [5.74, 6) is 4.23. The predicted octanol–water partition coefficient (Wildman–Crippen LogP) is 6.95. The average molecular weight is 450 g/mol. The molecule has 3 aromatic heterocycles. The molecule has 0 bridgehead atoms. The standard InChI is InChI=1S/C28H23N3OS/c1-3-20-6-10-22(11-7-20)23-12-8-21(9-13-23)5-4-15-29-27-25-17-19(2)33-28(25)31-26(30-27)24-14-16-32-18-24/h1,6-14,16-18H,4-5,15H2,2H3,(H,29,30,31). The first-order chi connectivity index (χ1) is 16.2. The highest BCUT2D eigenvalue weighted by Crippen LogP contribution is 2.31. The summed E-state index contributed by atoms with van der Waals surface area (Å²) in [5.41, 5.74) is 5.48. The summed E-state index contributed by atoms with van der Waals surface area (Å²) in [6.45, 7) is 2.93. The van der Waals surface area contributed by atoms with Crippen molar-refractivity contribution in [2.24, 2.45) is 0 Å². The van der Waals surface area contributed by atoms with Crippen LogP contribution in [0.2, 0.25) is 0 Å². The van der Waals surface area contributed by atoms with E-state index >= 15 is 0 Å². The molecule has 0 aliphatic rings. The Morgan fingerprint density at radius 2 is 1.73 bits per heavy atom. The lowest BCUT2D eigenvalue weighted by Gasteiger charge is -2.09. The fourth-order valence-corrected chi connectivity index (χ4v) is 4.70. The Hall–Kier alpha value is -3.88. The number of terminal acetylenes is 1. The Morgan fingerprint density at radius 3 is 2.42 bits per heavy atom. The predicted molar refractivity (Wildman–Crippen MR) is 136 cm³/mol. The van der Waals surface area contributed by atoms with Gasteiger partial charge in [0.1, 0.15) is 16.9 Å². The molecule has 0 saturated heterocycles. The van der Waals surface area contributed by atoms with E-state index in [1.807, 2.05) is 18.2 Å². The highest BCUT2D eigenvalue weighted by atomic mass is 32.1. The van der Waals surface area contributed by atoms with Gasteiger partial charge in [0.25, 0.3) is 0 Å². The topological polar surface area (TPSA) is 51.0 Å². The van der Waals surface area contributed by atoms with Gasteiger partial charge in [0.05, 0.1) is 17.2 Å². The minimum atomic E-state index is 0.687. The maximum absolute atomic E-state index is 5.45. The van der Waals surface area contributed by atoms with Gasteiger partial charge in [0, 0.05) is 17.0 Å². The third-order valence-electron chi connectivity index (χ3n) is 5.57. The molecule has 5 rings (SSSR count). The maximum atomic E-state index is 5.45. The highest BCUT2D eigenvalue weighted by Gasteiger charge is 2.12. The molecule has 5 heteroatoms. The Labute approximate surface area is 197 Å². The van der Waals surface area contributed by atoms with Crippen LogP contribution < -0.4 is 5.32 Å². The van der Waals surface area contributed by atoms with Crippen LogP contribution in [0.25, 0.3) is 32.7 Å². The molecule has 33 heavy (non-hydrogen) atoms. The van der Waals surface area contributed by atoms with Crippen LogP contribution in [0.1, 0.15) is 22.4 Å². The summed E-state index contributed by atoms with van der Waals surface area (Å²) in [6.07, 6.45) is 10.8. The average Bonchev–Trinajstić information content (AvgIpc) is 3.51. The van der Waals surface area contributed by atoms with Gasteiger partial charge in [-0.1, -0.05) is 42.3 Å². The van der Waals surface area contributed by atoms with Crippen molar-refractivity contribution in [3.05, 3.63) is 89.2 Å². The quantitative estimate of drug-likeness (QED) is 0.216. The Balaban J connectivity index is 1.23. The number of fused-ring (bicyclic) bond motifs is 1. The lowest BCUT2D eigenvalue weighted by atomic mass is 10.0. The molecule has 0 atom stereocenters. The Bertz CT molecular complexity index is 1410. The van der Waals surface area contributed by atoms with Gasteiger partial charge >= 0.3 is 0 Å². The molecule has 1 N–H and O–H groups in total. The fourth-order valence-electron chi connectivity index (χ4n) is 3.82. The molecule has 0 radical (unpaired) electrons. The largest absolute Gasteiger partial charge is 0.472 e. The molecule has 2 aromatic carbocycles. The van der Waals surface area contributed by atoms with Crippen LogP contribution in [0, 0.1) is 19.3 Å². The summed E-state index contributed by atoms with van der Waals surface area (Å²) in [5, 5.41) is 4.60. The highest BCUT2D eigenvalue weighted by molar-refractivity contribution is 7.18. The summed E-state index contributed by atoms with van der Waals surface area (Å²) < 4.78 is 5.22. The van der Waals surface area contributed by atoms with Crippen LogP contribution >= 0.6 is 11.3 Å². The zero-order chi connectivity index (χ0) is 22.6. The van der Waals surface area contributed by atoms with Gasteiger partial charge in [0.15, 0.2) is 5.82 Å². The molecular weight excluding hydrogens is 426 g/mol. The van der Waals surface area contributed by atoms with E-state index in [0.29, 0.717) is 5.82 Å². The van der Waals surface area contributed by atoms with Crippen molar-refractivity contribution in [2.45, 2.75) is 19.8 Å². The second kappa shape index (κ2) is 9.32. The molecular formula is C28H23N3OS. The van der Waals surface area contributed by atoms with Crippen molar-refractivity contribution < 1.29 is 4.42 Å². The van der Waals surface area contributed by atoms with Crippen LogP contribution in [0.15, 0.2) is 77.6 Å². The maximum Gasteiger partial charge on any atom is 0.166 e. The van der Waals surface area contributed by atoms with Crippen molar-refractivity contribution in [1.82, 2.24) is 9.97 Å². The van der Waals surface area contributed by atoms with Gasteiger partial charge in [-0.3, -0.25) is 0 Å². The SMILES string of the molecule is C#Cc1ccc(-c2ccc(CCCNc3nc(-c4ccoc4)nc4sc(C)cc34)cc2)cc1. The van der Waals surface area contributed by atoms with Crippen LogP contribution in [-0.2, 0) is 6.42 Å². The molecule has 0 amide bonds. The van der Waals surface area contributed by atoms with E-state index in [9.17, 15) is 0 Å².